The maximum atomic E-state index is 12.3. The van der Waals surface area contributed by atoms with Crippen LogP contribution in [0.3, 0.4) is 0 Å². The molecule has 2 aromatic rings. The van der Waals surface area contributed by atoms with E-state index < -0.39 is 22.5 Å². The summed E-state index contributed by atoms with van der Waals surface area (Å²) in [5.41, 5.74) is 3.21. The second kappa shape index (κ2) is 10.3. The van der Waals surface area contributed by atoms with E-state index >= 15 is 0 Å². The lowest BCUT2D eigenvalue weighted by molar-refractivity contribution is -0.119. The molecule has 0 atom stereocenters. The molecule has 0 spiro atoms. The fourth-order valence-corrected chi connectivity index (χ4v) is 3.75. The van der Waals surface area contributed by atoms with Crippen molar-refractivity contribution in [2.45, 2.75) is 0 Å². The standard InChI is InChI=1S/C19H22BrN3O6S/c1-27-16-7-5-14(20)9-13(16)11-21-22-19(24)12-23(30(4,25)26)15-6-8-17(28-2)18(10-15)29-3/h5-11H,12H2,1-4H3,(H,22,24)/b21-11-. The Morgan fingerprint density at radius 1 is 1.07 bits per heavy atom. The summed E-state index contributed by atoms with van der Waals surface area (Å²) in [6.45, 7) is -0.471. The van der Waals surface area contributed by atoms with E-state index in [1.807, 2.05) is 6.07 Å². The van der Waals surface area contributed by atoms with Crippen LogP contribution in [0, 0.1) is 0 Å². The number of hydrogen-bond donors (Lipinski definition) is 1. The van der Waals surface area contributed by atoms with E-state index in [4.69, 9.17) is 14.2 Å². The zero-order valence-electron chi connectivity index (χ0n) is 16.9. The summed E-state index contributed by atoms with van der Waals surface area (Å²) >= 11 is 3.35. The van der Waals surface area contributed by atoms with Crippen LogP contribution >= 0.6 is 15.9 Å². The molecule has 0 fully saturated rings. The van der Waals surface area contributed by atoms with Crippen LogP contribution in [-0.4, -0.2) is 54.7 Å². The van der Waals surface area contributed by atoms with Crippen molar-refractivity contribution in [1.29, 1.82) is 0 Å². The Morgan fingerprint density at radius 2 is 1.70 bits per heavy atom. The van der Waals surface area contributed by atoms with Crippen molar-refractivity contribution in [2.24, 2.45) is 5.10 Å². The molecule has 0 bridgehead atoms. The van der Waals surface area contributed by atoms with E-state index in [1.54, 1.807) is 18.2 Å². The number of carbonyl (C=O) groups is 1. The van der Waals surface area contributed by atoms with Gasteiger partial charge in [0.25, 0.3) is 5.91 Å². The van der Waals surface area contributed by atoms with Gasteiger partial charge >= 0.3 is 0 Å². The highest BCUT2D eigenvalue weighted by Gasteiger charge is 2.22. The fourth-order valence-electron chi connectivity index (χ4n) is 2.53. The van der Waals surface area contributed by atoms with Crippen LogP contribution in [0.4, 0.5) is 5.69 Å². The van der Waals surface area contributed by atoms with Crippen LogP contribution in [0.2, 0.25) is 0 Å². The van der Waals surface area contributed by atoms with E-state index in [2.05, 4.69) is 26.5 Å². The first kappa shape index (κ1) is 23.5. The Hall–Kier alpha value is -2.79. The van der Waals surface area contributed by atoms with Gasteiger partial charge in [0.1, 0.15) is 12.3 Å². The van der Waals surface area contributed by atoms with Gasteiger partial charge < -0.3 is 14.2 Å². The summed E-state index contributed by atoms with van der Waals surface area (Å²) in [6.07, 6.45) is 2.41. The van der Waals surface area contributed by atoms with E-state index in [1.165, 1.54) is 39.7 Å². The van der Waals surface area contributed by atoms with Gasteiger partial charge in [0, 0.05) is 16.1 Å². The third-order valence-electron chi connectivity index (χ3n) is 3.93. The lowest BCUT2D eigenvalue weighted by Crippen LogP contribution is -2.39. The van der Waals surface area contributed by atoms with Crippen LogP contribution in [0.25, 0.3) is 0 Å². The zero-order valence-corrected chi connectivity index (χ0v) is 19.3. The van der Waals surface area contributed by atoms with E-state index in [-0.39, 0.29) is 5.69 Å². The summed E-state index contributed by atoms with van der Waals surface area (Å²) in [6, 6.07) is 9.87. The largest absolute Gasteiger partial charge is 0.496 e. The number of rotatable bonds is 9. The summed E-state index contributed by atoms with van der Waals surface area (Å²) in [5, 5.41) is 3.89. The first-order valence-corrected chi connectivity index (χ1v) is 11.2. The van der Waals surface area contributed by atoms with Gasteiger partial charge in [-0.05, 0) is 30.3 Å². The normalized spacial score (nSPS) is 11.2. The maximum absolute atomic E-state index is 12.3. The number of anilines is 1. The summed E-state index contributed by atoms with van der Waals surface area (Å²) in [4.78, 5) is 12.3. The monoisotopic (exact) mass is 499 g/mol. The molecule has 1 amide bonds. The average molecular weight is 500 g/mol. The van der Waals surface area contributed by atoms with Crippen LogP contribution in [0.1, 0.15) is 5.56 Å². The van der Waals surface area contributed by atoms with Gasteiger partial charge in [-0.3, -0.25) is 9.10 Å². The number of hydrazone groups is 1. The number of hydrogen-bond acceptors (Lipinski definition) is 7. The molecule has 2 rings (SSSR count). The number of methoxy groups -OCH3 is 3. The van der Waals surface area contributed by atoms with Crippen molar-refractivity contribution < 1.29 is 27.4 Å². The molecule has 0 aliphatic heterocycles. The molecule has 0 saturated heterocycles. The van der Waals surface area contributed by atoms with Crippen LogP contribution in [-0.2, 0) is 14.8 Å². The molecule has 162 valence electrons. The van der Waals surface area contributed by atoms with Gasteiger partial charge in [-0.15, -0.1) is 0 Å². The maximum Gasteiger partial charge on any atom is 0.260 e. The molecule has 0 heterocycles. The van der Waals surface area contributed by atoms with Crippen molar-refractivity contribution in [1.82, 2.24) is 5.43 Å². The molecule has 0 aromatic heterocycles. The summed E-state index contributed by atoms with van der Waals surface area (Å²) in [5.74, 6) is 0.718. The number of nitrogens with one attached hydrogen (secondary N) is 1. The molecule has 2 aromatic carbocycles. The van der Waals surface area contributed by atoms with Gasteiger partial charge in [0.15, 0.2) is 11.5 Å². The van der Waals surface area contributed by atoms with Crippen molar-refractivity contribution in [3.8, 4) is 17.2 Å². The van der Waals surface area contributed by atoms with E-state index in [0.717, 1.165) is 15.0 Å². The predicted molar refractivity (Wildman–Crippen MR) is 118 cm³/mol. The van der Waals surface area contributed by atoms with Gasteiger partial charge in [0.05, 0.1) is 39.5 Å². The van der Waals surface area contributed by atoms with Gasteiger partial charge in [-0.2, -0.15) is 5.10 Å². The molecule has 0 aliphatic rings. The SMILES string of the molecule is COc1ccc(Br)cc1/C=N\NC(=O)CN(c1ccc(OC)c(OC)c1)S(C)(=O)=O. The summed E-state index contributed by atoms with van der Waals surface area (Å²) in [7, 11) is 0.671. The Balaban J connectivity index is 2.18. The lowest BCUT2D eigenvalue weighted by atomic mass is 10.2. The molecule has 30 heavy (non-hydrogen) atoms. The Kier molecular flexibility index (Phi) is 8.07. The number of carbonyl (C=O) groups excluding carboxylic acids is 1. The van der Waals surface area contributed by atoms with Crippen LogP contribution < -0.4 is 23.9 Å². The zero-order chi connectivity index (χ0) is 22.3. The van der Waals surface area contributed by atoms with Crippen molar-refractivity contribution in [3.63, 3.8) is 0 Å². The van der Waals surface area contributed by atoms with Crippen molar-refractivity contribution in [3.05, 3.63) is 46.4 Å². The minimum atomic E-state index is -3.75. The van der Waals surface area contributed by atoms with Crippen molar-refractivity contribution >= 4 is 43.8 Å². The third kappa shape index (κ3) is 6.10. The molecule has 0 unspecified atom stereocenters. The highest BCUT2D eigenvalue weighted by molar-refractivity contribution is 9.10. The Bertz CT molecular complexity index is 1040. The number of amides is 1. The molecule has 0 radical (unpaired) electrons. The summed E-state index contributed by atoms with van der Waals surface area (Å²) < 4.78 is 41.8. The quantitative estimate of drug-likeness (QED) is 0.419. The first-order chi connectivity index (χ1) is 14.2. The van der Waals surface area contributed by atoms with E-state index in [0.29, 0.717) is 22.8 Å². The molecule has 0 aliphatic carbocycles. The topological polar surface area (TPSA) is 107 Å². The molecule has 11 heteroatoms. The second-order valence-electron chi connectivity index (χ2n) is 5.99. The van der Waals surface area contributed by atoms with Crippen molar-refractivity contribution in [2.75, 3.05) is 38.4 Å². The van der Waals surface area contributed by atoms with Crippen LogP contribution in [0.15, 0.2) is 46.0 Å². The number of benzene rings is 2. The van der Waals surface area contributed by atoms with Gasteiger partial charge in [-0.1, -0.05) is 15.9 Å². The predicted octanol–water partition coefficient (Wildman–Crippen LogP) is 2.39. The fraction of sp³-hybridized carbons (Fsp3) is 0.263. The second-order valence-corrected chi connectivity index (χ2v) is 8.81. The molecular weight excluding hydrogens is 478 g/mol. The molecular formula is C19H22BrN3O6S. The average Bonchev–Trinajstić information content (AvgIpc) is 2.71. The molecule has 1 N–H and O–H groups in total. The highest BCUT2D eigenvalue weighted by atomic mass is 79.9. The number of sulfonamides is 1. The molecule has 0 saturated carbocycles. The minimum Gasteiger partial charge on any atom is -0.496 e. The minimum absolute atomic E-state index is 0.253. The smallest absolute Gasteiger partial charge is 0.260 e. The third-order valence-corrected chi connectivity index (χ3v) is 5.56. The Morgan fingerprint density at radius 3 is 2.30 bits per heavy atom. The van der Waals surface area contributed by atoms with Gasteiger partial charge in [-0.25, -0.2) is 13.8 Å². The molecule has 9 nitrogen and oxygen atoms in total. The lowest BCUT2D eigenvalue weighted by Gasteiger charge is -2.22. The number of halogens is 1. The Labute approximate surface area is 183 Å². The van der Waals surface area contributed by atoms with E-state index in [9.17, 15) is 13.2 Å². The van der Waals surface area contributed by atoms with Crippen LogP contribution in [0.5, 0.6) is 17.2 Å². The first-order valence-electron chi connectivity index (χ1n) is 8.54. The number of nitrogens with zero attached hydrogens (tertiary/aromatic N) is 2. The highest BCUT2D eigenvalue weighted by Crippen LogP contribution is 2.32. The van der Waals surface area contributed by atoms with Gasteiger partial charge in [0.2, 0.25) is 10.0 Å². The number of ether oxygens (including phenoxy) is 3.